The lowest BCUT2D eigenvalue weighted by molar-refractivity contribution is -0.149. The summed E-state index contributed by atoms with van der Waals surface area (Å²) in [6.45, 7) is 9.18. The van der Waals surface area contributed by atoms with Crippen LogP contribution in [0, 0.1) is 0 Å². The minimum absolute atomic E-state index is 0.0171. The molecule has 0 aromatic heterocycles. The predicted octanol–water partition coefficient (Wildman–Crippen LogP) is -1.15. The van der Waals surface area contributed by atoms with E-state index in [1.165, 1.54) is 13.2 Å². The van der Waals surface area contributed by atoms with E-state index in [0.29, 0.717) is 11.5 Å². The van der Waals surface area contributed by atoms with Gasteiger partial charge in [0.15, 0.2) is 11.4 Å². The van der Waals surface area contributed by atoms with Crippen molar-refractivity contribution in [3.63, 3.8) is 0 Å². The van der Waals surface area contributed by atoms with E-state index in [9.17, 15) is 38.4 Å². The van der Waals surface area contributed by atoms with Gasteiger partial charge in [-0.3, -0.25) is 24.6 Å². The maximum Gasteiger partial charge on any atom is 0.359 e. The number of hydrogen-bond donors (Lipinski definition) is 5. The average molecular weight is 1310 g/mol. The molecule has 36 heteroatoms. The number of hydrazine groups is 2. The third-order valence-electron chi connectivity index (χ3n) is 12.4. The first-order chi connectivity index (χ1) is 44.7. The van der Waals surface area contributed by atoms with Crippen molar-refractivity contribution in [2.24, 2.45) is 15.3 Å². The molecule has 5 rings (SSSR count). The van der Waals surface area contributed by atoms with Crippen LogP contribution in [0.5, 0.6) is 0 Å². The summed E-state index contributed by atoms with van der Waals surface area (Å²) in [5.41, 5.74) is 13.1. The van der Waals surface area contributed by atoms with Crippen molar-refractivity contribution in [2.45, 2.75) is 83.6 Å². The van der Waals surface area contributed by atoms with Gasteiger partial charge in [0.1, 0.15) is 136 Å². The largest absolute Gasteiger partial charge is 0.496 e. The second kappa shape index (κ2) is 44.5. The molecule has 92 heavy (non-hydrogen) atoms. The molecule has 0 aromatic rings. The molecule has 5 heterocycles. The zero-order valence-electron chi connectivity index (χ0n) is 51.5. The van der Waals surface area contributed by atoms with Crippen LogP contribution in [-0.2, 0) is 133 Å². The quantitative estimate of drug-likeness (QED) is 0.141. The van der Waals surface area contributed by atoms with Gasteiger partial charge in [-0.2, -0.15) is 5.10 Å². The van der Waals surface area contributed by atoms with Gasteiger partial charge in [0.25, 0.3) is 0 Å². The molecular formula is C56H80N8O28. The zero-order chi connectivity index (χ0) is 66.0. The Labute approximate surface area is 528 Å². The van der Waals surface area contributed by atoms with Crippen LogP contribution >= 0.6 is 0 Å². The maximum absolute atomic E-state index is 12.8. The molecule has 0 aliphatic carbocycles. The number of nitrogens with one attached hydrogen (secondary N) is 5. The van der Waals surface area contributed by atoms with Crippen LogP contribution in [0.25, 0.3) is 0 Å². The lowest BCUT2D eigenvalue weighted by atomic mass is 10.1. The first-order valence-electron chi connectivity index (χ1n) is 29.2. The van der Waals surface area contributed by atoms with Gasteiger partial charge in [-0.15, -0.1) is 10.2 Å². The van der Waals surface area contributed by atoms with Crippen molar-refractivity contribution in [1.82, 2.24) is 27.1 Å². The van der Waals surface area contributed by atoms with Crippen molar-refractivity contribution < 1.29 is 133 Å². The molecule has 36 nitrogen and oxygen atoms in total. The number of carbonyl (C=O) groups excluding carboxylic acids is 8. The SMILES string of the molecule is CC1=C(C)OC(C)=C(C)OC(=O)C2=NNC(C2)C(=O)OCCOCCOCCOCCOC(=O)C2CC(NN2)C(=O)OCCOCCOCCOCCOC(=O)C2CC(NN2)C(=O)OCCOCCOCCOC=COC(=O)C2=NN=C(C2)C(=O)OC=COC=CO1. The summed E-state index contributed by atoms with van der Waals surface area (Å²) in [6.07, 6.45) is 6.24. The molecule has 5 aliphatic rings. The average Bonchev–Trinajstić information content (AvgIpc) is 2.15. The number of nitrogens with zero attached hydrogens (tertiary/aromatic N) is 3. The Morgan fingerprint density at radius 3 is 1.07 bits per heavy atom. The summed E-state index contributed by atoms with van der Waals surface area (Å²) in [4.78, 5) is 100. The number of cyclic esters (lactones) is 8. The van der Waals surface area contributed by atoms with Gasteiger partial charge >= 0.3 is 47.8 Å². The monoisotopic (exact) mass is 1310 g/mol. The standard InChI is InChI=1S/C56H80N8O28/c1-37-38(2)91-39(3)40(4)92-56(72)48-36-47(63-64-48)55(71)89-31-23-81-16-10-75-9-15-80-21-29-87-52(68)44-34-43(59-60-44)51(67)85-27-19-77-12-6-73-5-11-76-18-26-84-49(65)41-33-42(58-57-41)50(66)86-28-20-78-13-7-74-8-14-79-22-30-88-53(69)45-35-46(62-61-45)54(70)90-32-24-82-17-25-83-37/h17,22,24-25,30,32,41-44,47,57-60,63H,5-16,18-21,23,26-29,31,33-36H2,1-4H3. The molecule has 2 saturated heterocycles. The summed E-state index contributed by atoms with van der Waals surface area (Å²) in [5.74, 6) is -4.57. The van der Waals surface area contributed by atoms with E-state index in [1.54, 1.807) is 20.8 Å². The smallest absolute Gasteiger partial charge is 0.359 e. The fourth-order valence-electron chi connectivity index (χ4n) is 7.42. The van der Waals surface area contributed by atoms with Crippen LogP contribution in [-0.4, -0.2) is 240 Å². The molecule has 5 aliphatic heterocycles. The maximum atomic E-state index is 12.8. The number of carbonyl (C=O) groups is 8. The van der Waals surface area contributed by atoms with Gasteiger partial charge in [-0.25, -0.2) is 40.9 Å². The molecule has 5 atom stereocenters. The third kappa shape index (κ3) is 30.0. The molecule has 0 aromatic carbocycles. The highest BCUT2D eigenvalue weighted by Crippen LogP contribution is 2.18. The van der Waals surface area contributed by atoms with Crippen LogP contribution in [0.3, 0.4) is 0 Å². The second-order valence-electron chi connectivity index (χ2n) is 19.2. The van der Waals surface area contributed by atoms with Crippen molar-refractivity contribution in [3.8, 4) is 0 Å². The summed E-state index contributed by atoms with van der Waals surface area (Å²) >= 11 is 0. The minimum Gasteiger partial charge on any atom is -0.496 e. The molecule has 0 saturated carbocycles. The summed E-state index contributed by atoms with van der Waals surface area (Å²) in [5, 5.41) is 11.3. The first kappa shape index (κ1) is 74.7. The third-order valence-corrected chi connectivity index (χ3v) is 12.4. The van der Waals surface area contributed by atoms with Crippen molar-refractivity contribution in [2.75, 3.05) is 145 Å². The lowest BCUT2D eigenvalue weighted by Crippen LogP contribution is -2.40. The van der Waals surface area contributed by atoms with Gasteiger partial charge in [0.2, 0.25) is 0 Å². The van der Waals surface area contributed by atoms with E-state index in [2.05, 4.69) is 42.4 Å². The Bertz CT molecular complexity index is 2650. The van der Waals surface area contributed by atoms with E-state index >= 15 is 0 Å². The number of hydrogen-bond acceptors (Lipinski definition) is 36. The molecule has 0 spiro atoms. The van der Waals surface area contributed by atoms with E-state index in [-0.39, 0.29) is 200 Å². The number of rotatable bonds is 0. The fourth-order valence-corrected chi connectivity index (χ4v) is 7.42. The predicted molar refractivity (Wildman–Crippen MR) is 308 cm³/mol. The molecule has 0 radical (unpaired) electrons. The number of esters is 8. The Kier molecular flexibility index (Phi) is 36.1. The molecule has 8 bridgehead atoms. The number of fused-ring (bicyclic) bond motifs is 8. The van der Waals surface area contributed by atoms with E-state index in [0.717, 1.165) is 31.3 Å². The van der Waals surface area contributed by atoms with Crippen LogP contribution < -0.4 is 27.1 Å². The summed E-state index contributed by atoms with van der Waals surface area (Å²) in [6, 6.07) is -4.03. The van der Waals surface area contributed by atoms with Gasteiger partial charge in [-0.05, 0) is 27.7 Å². The van der Waals surface area contributed by atoms with Gasteiger partial charge in [-0.1, -0.05) is 0 Å². The molecule has 5 unspecified atom stereocenters. The molecule has 5 N–H and O–H groups in total. The summed E-state index contributed by atoms with van der Waals surface area (Å²) < 4.78 is 107. The van der Waals surface area contributed by atoms with Crippen LogP contribution in [0.4, 0.5) is 0 Å². The van der Waals surface area contributed by atoms with Crippen molar-refractivity contribution in [3.05, 3.63) is 60.6 Å². The minimum atomic E-state index is -0.920. The highest BCUT2D eigenvalue weighted by molar-refractivity contribution is 6.50. The Morgan fingerprint density at radius 1 is 0.337 bits per heavy atom. The Hall–Kier alpha value is -8.01. The lowest BCUT2D eigenvalue weighted by Gasteiger charge is -2.12. The Balaban J connectivity index is 0.957. The number of ether oxygens (including phenoxy) is 20. The number of allylic oxidation sites excluding steroid dienone is 4. The van der Waals surface area contributed by atoms with E-state index in [1.807, 2.05) is 0 Å². The number of hydrazone groups is 1. The van der Waals surface area contributed by atoms with Crippen LogP contribution in [0.1, 0.15) is 53.4 Å². The zero-order valence-corrected chi connectivity index (χ0v) is 51.5. The van der Waals surface area contributed by atoms with E-state index in [4.69, 9.17) is 94.7 Å². The highest BCUT2D eigenvalue weighted by Gasteiger charge is 2.37. The van der Waals surface area contributed by atoms with Gasteiger partial charge in [0.05, 0.1) is 112 Å². The second-order valence-corrected chi connectivity index (χ2v) is 19.2. The fraction of sp³-hybridized carbons (Fsp3) is 0.625. The molecule has 512 valence electrons. The Morgan fingerprint density at radius 2 is 0.663 bits per heavy atom. The van der Waals surface area contributed by atoms with E-state index < -0.39 is 78.0 Å². The summed E-state index contributed by atoms with van der Waals surface area (Å²) in [7, 11) is 0. The molecular weight excluding hydrogens is 1230 g/mol. The van der Waals surface area contributed by atoms with Crippen molar-refractivity contribution >= 4 is 64.9 Å². The molecule has 0 amide bonds. The topological polar surface area (TPSA) is 418 Å². The van der Waals surface area contributed by atoms with Crippen molar-refractivity contribution in [1.29, 1.82) is 0 Å². The van der Waals surface area contributed by atoms with Crippen LogP contribution in [0.15, 0.2) is 75.9 Å². The molecule has 2 fully saturated rings. The van der Waals surface area contributed by atoms with Gasteiger partial charge < -0.3 is 94.7 Å². The van der Waals surface area contributed by atoms with Crippen LogP contribution in [0.2, 0.25) is 0 Å². The normalized spacial score (nSPS) is 25.8. The van der Waals surface area contributed by atoms with Gasteiger partial charge in [0, 0.05) is 19.3 Å². The first-order valence-corrected chi connectivity index (χ1v) is 29.2. The highest BCUT2D eigenvalue weighted by atomic mass is 16.6.